The second kappa shape index (κ2) is 15.0. The molecule has 0 fully saturated rings. The van der Waals surface area contributed by atoms with Gasteiger partial charge in [0, 0.05) is 12.8 Å². The molecule has 0 aromatic rings. The third-order valence-corrected chi connectivity index (χ3v) is 3.32. The Morgan fingerprint density at radius 3 is 2.24 bits per heavy atom. The Bertz CT molecular complexity index is 329. The zero-order chi connectivity index (χ0) is 15.8. The van der Waals surface area contributed by atoms with E-state index in [1.54, 1.807) is 6.08 Å². The maximum atomic E-state index is 11.5. The summed E-state index contributed by atoms with van der Waals surface area (Å²) in [6, 6.07) is 0. The fourth-order valence-corrected chi connectivity index (χ4v) is 2.04. The van der Waals surface area contributed by atoms with Crippen molar-refractivity contribution in [3.63, 3.8) is 0 Å². The van der Waals surface area contributed by atoms with E-state index in [4.69, 9.17) is 5.11 Å². The van der Waals surface area contributed by atoms with Crippen LogP contribution < -0.4 is 0 Å². The molecular formula is C18H30O3. The molecule has 3 nitrogen and oxygen atoms in total. The molecular weight excluding hydrogens is 264 g/mol. The summed E-state index contributed by atoms with van der Waals surface area (Å²) in [5, 5.41) is 8.49. The number of aliphatic carboxylic acids is 1. The number of hydrogen-bond donors (Lipinski definition) is 1. The summed E-state index contributed by atoms with van der Waals surface area (Å²) in [5.41, 5.74) is 0. The van der Waals surface area contributed by atoms with Crippen molar-refractivity contribution in [2.75, 3.05) is 0 Å². The van der Waals surface area contributed by atoms with Gasteiger partial charge in [-0.05, 0) is 31.8 Å². The Balaban J connectivity index is 3.45. The number of unbranched alkanes of at least 4 members (excludes halogenated alkanes) is 7. The van der Waals surface area contributed by atoms with E-state index in [-0.39, 0.29) is 12.2 Å². The van der Waals surface area contributed by atoms with E-state index in [2.05, 4.69) is 6.92 Å². The first kappa shape index (κ1) is 19.6. The summed E-state index contributed by atoms with van der Waals surface area (Å²) in [6.07, 6.45) is 17.8. The molecule has 0 saturated heterocycles. The Morgan fingerprint density at radius 1 is 0.857 bits per heavy atom. The minimum Gasteiger partial charge on any atom is -0.481 e. The zero-order valence-electron chi connectivity index (χ0n) is 13.4. The highest BCUT2D eigenvalue weighted by atomic mass is 16.4. The summed E-state index contributed by atoms with van der Waals surface area (Å²) < 4.78 is 0. The van der Waals surface area contributed by atoms with E-state index in [9.17, 15) is 9.59 Å². The van der Waals surface area contributed by atoms with Crippen LogP contribution in [0.15, 0.2) is 24.3 Å². The highest BCUT2D eigenvalue weighted by molar-refractivity contribution is 5.89. The van der Waals surface area contributed by atoms with Crippen LogP contribution in [0.3, 0.4) is 0 Å². The summed E-state index contributed by atoms with van der Waals surface area (Å²) in [6.45, 7) is 2.19. The molecule has 21 heavy (non-hydrogen) atoms. The van der Waals surface area contributed by atoms with E-state index in [0.29, 0.717) is 6.42 Å². The summed E-state index contributed by atoms with van der Waals surface area (Å²) in [4.78, 5) is 21.8. The Labute approximate surface area is 129 Å². The predicted octanol–water partition coefficient (Wildman–Crippen LogP) is 5.06. The molecule has 0 rings (SSSR count). The lowest BCUT2D eigenvalue weighted by molar-refractivity contribution is -0.137. The molecule has 0 aliphatic carbocycles. The van der Waals surface area contributed by atoms with Gasteiger partial charge in [0.2, 0.25) is 0 Å². The third kappa shape index (κ3) is 16.6. The first-order valence-electron chi connectivity index (χ1n) is 8.24. The van der Waals surface area contributed by atoms with Crippen LogP contribution in [0.5, 0.6) is 0 Å². The van der Waals surface area contributed by atoms with E-state index in [1.165, 1.54) is 19.3 Å². The molecule has 1 N–H and O–H groups in total. The molecule has 0 amide bonds. The van der Waals surface area contributed by atoms with Crippen molar-refractivity contribution in [3.05, 3.63) is 24.3 Å². The highest BCUT2D eigenvalue weighted by Crippen LogP contribution is 2.06. The van der Waals surface area contributed by atoms with Crippen LogP contribution in [-0.2, 0) is 9.59 Å². The number of carbonyl (C=O) groups excluding carboxylic acids is 1. The largest absolute Gasteiger partial charge is 0.481 e. The van der Waals surface area contributed by atoms with E-state index in [1.807, 2.05) is 18.2 Å². The normalized spacial score (nSPS) is 11.5. The average Bonchev–Trinajstić information content (AvgIpc) is 2.45. The van der Waals surface area contributed by atoms with Crippen molar-refractivity contribution >= 4 is 11.8 Å². The lowest BCUT2D eigenvalue weighted by atomic mass is 10.1. The summed E-state index contributed by atoms with van der Waals surface area (Å²) in [7, 11) is 0. The van der Waals surface area contributed by atoms with Gasteiger partial charge in [-0.15, -0.1) is 0 Å². The van der Waals surface area contributed by atoms with Crippen molar-refractivity contribution in [3.8, 4) is 0 Å². The second-order valence-corrected chi connectivity index (χ2v) is 5.41. The number of ketones is 1. The zero-order valence-corrected chi connectivity index (χ0v) is 13.4. The quantitative estimate of drug-likeness (QED) is 0.277. The highest BCUT2D eigenvalue weighted by Gasteiger charge is 1.96. The van der Waals surface area contributed by atoms with Gasteiger partial charge in [0.15, 0.2) is 5.78 Å². The van der Waals surface area contributed by atoms with Gasteiger partial charge in [0.1, 0.15) is 0 Å². The molecule has 0 aliphatic heterocycles. The Hall–Kier alpha value is -1.38. The molecule has 0 spiro atoms. The second-order valence-electron chi connectivity index (χ2n) is 5.41. The number of hydrogen-bond acceptors (Lipinski definition) is 2. The first-order valence-corrected chi connectivity index (χ1v) is 8.24. The number of allylic oxidation sites excluding steroid dienone is 4. The summed E-state index contributed by atoms with van der Waals surface area (Å²) >= 11 is 0. The molecule has 0 bridgehead atoms. The number of rotatable bonds is 14. The predicted molar refractivity (Wildman–Crippen MR) is 87.4 cm³/mol. The third-order valence-electron chi connectivity index (χ3n) is 3.32. The molecule has 120 valence electrons. The van der Waals surface area contributed by atoms with Crippen molar-refractivity contribution in [1.29, 1.82) is 0 Å². The van der Waals surface area contributed by atoms with Gasteiger partial charge in [-0.2, -0.15) is 0 Å². The monoisotopic (exact) mass is 294 g/mol. The van der Waals surface area contributed by atoms with Crippen LogP contribution in [-0.4, -0.2) is 16.9 Å². The van der Waals surface area contributed by atoms with E-state index >= 15 is 0 Å². The van der Waals surface area contributed by atoms with Gasteiger partial charge in [-0.25, -0.2) is 0 Å². The topological polar surface area (TPSA) is 54.4 Å². The van der Waals surface area contributed by atoms with Gasteiger partial charge < -0.3 is 5.11 Å². The van der Waals surface area contributed by atoms with Gasteiger partial charge in [0.25, 0.3) is 0 Å². The average molecular weight is 294 g/mol. The van der Waals surface area contributed by atoms with Gasteiger partial charge in [-0.3, -0.25) is 9.59 Å². The molecule has 0 aromatic heterocycles. The SMILES string of the molecule is CCCCCCCC(=O)/C=C/C=C/CCCCCC(=O)O. The number of carboxylic acid groups (broad SMARTS) is 1. The van der Waals surface area contributed by atoms with Crippen LogP contribution in [0.25, 0.3) is 0 Å². The van der Waals surface area contributed by atoms with Crippen LogP contribution in [0.4, 0.5) is 0 Å². The standard InChI is InChI=1S/C18H30O3/c1-2-3-4-8-11-14-17(19)15-12-9-6-5-7-10-13-16-18(20)21/h6,9,12,15H,2-5,7-8,10-11,13-14,16H2,1H3,(H,20,21)/b9-6+,15-12+. The molecule has 0 aromatic carbocycles. The van der Waals surface area contributed by atoms with Crippen molar-refractivity contribution < 1.29 is 14.7 Å². The summed E-state index contributed by atoms with van der Waals surface area (Å²) in [5.74, 6) is -0.515. The molecule has 3 heteroatoms. The molecule has 0 heterocycles. The van der Waals surface area contributed by atoms with Crippen LogP contribution in [0.1, 0.15) is 77.6 Å². The Kier molecular flexibility index (Phi) is 14.0. The Morgan fingerprint density at radius 2 is 1.52 bits per heavy atom. The minimum atomic E-state index is -0.721. The van der Waals surface area contributed by atoms with Gasteiger partial charge >= 0.3 is 5.97 Å². The van der Waals surface area contributed by atoms with Crippen molar-refractivity contribution in [2.24, 2.45) is 0 Å². The molecule has 0 radical (unpaired) electrons. The lowest BCUT2D eigenvalue weighted by Crippen LogP contribution is -1.93. The number of carboxylic acids is 1. The smallest absolute Gasteiger partial charge is 0.303 e. The lowest BCUT2D eigenvalue weighted by Gasteiger charge is -1.97. The van der Waals surface area contributed by atoms with Crippen molar-refractivity contribution in [1.82, 2.24) is 0 Å². The van der Waals surface area contributed by atoms with Crippen LogP contribution >= 0.6 is 0 Å². The molecule has 0 aliphatic rings. The fourth-order valence-electron chi connectivity index (χ4n) is 2.04. The van der Waals surface area contributed by atoms with Gasteiger partial charge in [0.05, 0.1) is 0 Å². The molecule has 0 saturated carbocycles. The van der Waals surface area contributed by atoms with E-state index < -0.39 is 5.97 Å². The van der Waals surface area contributed by atoms with Crippen molar-refractivity contribution in [2.45, 2.75) is 77.6 Å². The number of carbonyl (C=O) groups is 2. The maximum Gasteiger partial charge on any atom is 0.303 e. The molecule has 0 atom stereocenters. The van der Waals surface area contributed by atoms with Crippen LogP contribution in [0.2, 0.25) is 0 Å². The first-order chi connectivity index (χ1) is 10.2. The van der Waals surface area contributed by atoms with E-state index in [0.717, 1.165) is 38.5 Å². The maximum absolute atomic E-state index is 11.5. The fraction of sp³-hybridized carbons (Fsp3) is 0.667. The van der Waals surface area contributed by atoms with Gasteiger partial charge in [-0.1, -0.05) is 57.3 Å². The van der Waals surface area contributed by atoms with Crippen LogP contribution in [0, 0.1) is 0 Å². The molecule has 0 unspecified atom stereocenters. The minimum absolute atomic E-state index is 0.206.